The molecule has 0 fully saturated rings. The van der Waals surface area contributed by atoms with Crippen LogP contribution in [-0.2, 0) is 14.3 Å². The predicted octanol–water partition coefficient (Wildman–Crippen LogP) is 0.250. The first kappa shape index (κ1) is 14.4. The summed E-state index contributed by atoms with van der Waals surface area (Å²) in [5.41, 5.74) is 0. The van der Waals surface area contributed by atoms with Gasteiger partial charge >= 0.3 is 5.97 Å². The highest BCUT2D eigenvalue weighted by Gasteiger charge is 2.02. The van der Waals surface area contributed by atoms with E-state index in [2.05, 4.69) is 5.32 Å². The van der Waals surface area contributed by atoms with Gasteiger partial charge in [0.1, 0.15) is 6.54 Å². The molecule has 5 nitrogen and oxygen atoms in total. The molecule has 13 heavy (non-hydrogen) atoms. The second-order valence-electron chi connectivity index (χ2n) is 2.12. The maximum atomic E-state index is 10.8. The Labute approximate surface area is 78.1 Å². The SMILES string of the molecule is C.CCOCCC(=O)NCC(=O)O. The van der Waals surface area contributed by atoms with E-state index in [9.17, 15) is 9.59 Å². The van der Waals surface area contributed by atoms with Crippen LogP contribution in [0.3, 0.4) is 0 Å². The molecule has 0 aromatic carbocycles. The van der Waals surface area contributed by atoms with E-state index in [0.717, 1.165) is 0 Å². The van der Waals surface area contributed by atoms with Crippen LogP contribution in [0.2, 0.25) is 0 Å². The first-order valence-corrected chi connectivity index (χ1v) is 3.73. The Morgan fingerprint density at radius 3 is 2.54 bits per heavy atom. The number of ether oxygens (including phenoxy) is 1. The van der Waals surface area contributed by atoms with Crippen LogP contribution in [0, 0.1) is 0 Å². The molecule has 0 rings (SSSR count). The summed E-state index contributed by atoms with van der Waals surface area (Å²) in [5.74, 6) is -1.34. The summed E-state index contributed by atoms with van der Waals surface area (Å²) in [5, 5.41) is 10.4. The van der Waals surface area contributed by atoms with Gasteiger partial charge in [0.2, 0.25) is 5.91 Å². The second-order valence-corrected chi connectivity index (χ2v) is 2.12. The highest BCUT2D eigenvalue weighted by atomic mass is 16.5. The Bertz CT molecular complexity index is 158. The molecular weight excluding hydrogens is 174 g/mol. The topological polar surface area (TPSA) is 75.6 Å². The van der Waals surface area contributed by atoms with Crippen molar-refractivity contribution in [1.82, 2.24) is 5.32 Å². The Morgan fingerprint density at radius 2 is 2.08 bits per heavy atom. The van der Waals surface area contributed by atoms with E-state index in [0.29, 0.717) is 13.2 Å². The van der Waals surface area contributed by atoms with Crippen LogP contribution in [-0.4, -0.2) is 36.7 Å². The fourth-order valence-corrected chi connectivity index (χ4v) is 0.572. The summed E-state index contributed by atoms with van der Waals surface area (Å²) in [7, 11) is 0. The van der Waals surface area contributed by atoms with Gasteiger partial charge in [-0.15, -0.1) is 0 Å². The molecule has 5 heteroatoms. The van der Waals surface area contributed by atoms with Gasteiger partial charge in [-0.2, -0.15) is 0 Å². The average Bonchev–Trinajstić information content (AvgIpc) is 2.01. The number of carbonyl (C=O) groups excluding carboxylic acids is 1. The minimum atomic E-state index is -1.04. The Kier molecular flexibility index (Phi) is 9.98. The molecule has 0 spiro atoms. The molecule has 0 unspecified atom stereocenters. The van der Waals surface area contributed by atoms with E-state index in [1.54, 1.807) is 0 Å². The van der Waals surface area contributed by atoms with Crippen molar-refractivity contribution in [2.24, 2.45) is 0 Å². The Morgan fingerprint density at radius 1 is 1.46 bits per heavy atom. The zero-order valence-corrected chi connectivity index (χ0v) is 7.00. The van der Waals surface area contributed by atoms with Crippen LogP contribution < -0.4 is 5.32 Å². The van der Waals surface area contributed by atoms with E-state index in [1.807, 2.05) is 6.92 Å². The molecule has 2 N–H and O–H groups in total. The lowest BCUT2D eigenvalue weighted by atomic mass is 10.4. The largest absolute Gasteiger partial charge is 0.480 e. The summed E-state index contributed by atoms with van der Waals surface area (Å²) in [6.07, 6.45) is 0.209. The van der Waals surface area contributed by atoms with E-state index in [1.165, 1.54) is 0 Å². The third-order valence-electron chi connectivity index (χ3n) is 1.11. The van der Waals surface area contributed by atoms with Gasteiger partial charge in [0, 0.05) is 13.0 Å². The van der Waals surface area contributed by atoms with Crippen molar-refractivity contribution in [3.63, 3.8) is 0 Å². The summed E-state index contributed by atoms with van der Waals surface area (Å²) in [6, 6.07) is 0. The summed E-state index contributed by atoms with van der Waals surface area (Å²) < 4.78 is 4.90. The van der Waals surface area contributed by atoms with E-state index >= 15 is 0 Å². The van der Waals surface area contributed by atoms with Gasteiger partial charge in [0.05, 0.1) is 6.61 Å². The smallest absolute Gasteiger partial charge is 0.322 e. The molecule has 0 saturated carbocycles. The zero-order chi connectivity index (χ0) is 9.40. The fraction of sp³-hybridized carbons (Fsp3) is 0.750. The van der Waals surface area contributed by atoms with Crippen LogP contribution in [0.15, 0.2) is 0 Å². The van der Waals surface area contributed by atoms with Crippen molar-refractivity contribution in [2.45, 2.75) is 20.8 Å². The highest BCUT2D eigenvalue weighted by molar-refractivity contribution is 5.81. The van der Waals surface area contributed by atoms with E-state index < -0.39 is 5.97 Å². The molecular formula is C8H17NO4. The Balaban J connectivity index is 0. The molecule has 0 aliphatic carbocycles. The number of aliphatic carboxylic acids is 1. The van der Waals surface area contributed by atoms with E-state index in [-0.39, 0.29) is 26.3 Å². The number of nitrogens with one attached hydrogen (secondary N) is 1. The Hall–Kier alpha value is -1.10. The molecule has 0 atom stereocenters. The fourth-order valence-electron chi connectivity index (χ4n) is 0.572. The maximum Gasteiger partial charge on any atom is 0.322 e. The second kappa shape index (κ2) is 8.99. The van der Waals surface area contributed by atoms with Crippen LogP contribution in [0.4, 0.5) is 0 Å². The molecule has 0 aromatic heterocycles. The van der Waals surface area contributed by atoms with Gasteiger partial charge in [-0.3, -0.25) is 9.59 Å². The number of rotatable bonds is 6. The van der Waals surface area contributed by atoms with Crippen LogP contribution in [0.1, 0.15) is 20.8 Å². The lowest BCUT2D eigenvalue weighted by molar-refractivity contribution is -0.138. The first-order chi connectivity index (χ1) is 5.66. The minimum Gasteiger partial charge on any atom is -0.480 e. The quantitative estimate of drug-likeness (QED) is 0.590. The van der Waals surface area contributed by atoms with Crippen molar-refractivity contribution >= 4 is 11.9 Å². The van der Waals surface area contributed by atoms with Crippen molar-refractivity contribution in [2.75, 3.05) is 19.8 Å². The van der Waals surface area contributed by atoms with Crippen molar-refractivity contribution in [3.8, 4) is 0 Å². The zero-order valence-electron chi connectivity index (χ0n) is 7.00. The minimum absolute atomic E-state index is 0. The van der Waals surface area contributed by atoms with Crippen molar-refractivity contribution in [1.29, 1.82) is 0 Å². The summed E-state index contributed by atoms with van der Waals surface area (Å²) >= 11 is 0. The molecule has 0 aromatic rings. The number of amides is 1. The van der Waals surface area contributed by atoms with Crippen LogP contribution in [0.5, 0.6) is 0 Å². The highest BCUT2D eigenvalue weighted by Crippen LogP contribution is 1.81. The molecule has 1 amide bonds. The molecule has 0 saturated heterocycles. The molecule has 0 heterocycles. The maximum absolute atomic E-state index is 10.8. The van der Waals surface area contributed by atoms with Gasteiger partial charge in [-0.1, -0.05) is 7.43 Å². The molecule has 78 valence electrons. The number of carboxylic acids is 1. The average molecular weight is 191 g/mol. The van der Waals surface area contributed by atoms with Gasteiger partial charge < -0.3 is 15.2 Å². The van der Waals surface area contributed by atoms with Crippen molar-refractivity contribution in [3.05, 3.63) is 0 Å². The first-order valence-electron chi connectivity index (χ1n) is 3.73. The number of hydrogen-bond donors (Lipinski definition) is 2. The molecule has 0 radical (unpaired) electrons. The van der Waals surface area contributed by atoms with Gasteiger partial charge in [0.15, 0.2) is 0 Å². The van der Waals surface area contributed by atoms with Gasteiger partial charge in [-0.05, 0) is 6.92 Å². The van der Waals surface area contributed by atoms with E-state index in [4.69, 9.17) is 9.84 Å². The third kappa shape index (κ3) is 10.9. The molecule has 0 bridgehead atoms. The standard InChI is InChI=1S/C7H13NO4.CH4/c1-2-12-4-3-6(9)8-5-7(10)11;/h2-5H2,1H3,(H,8,9)(H,10,11);1H4. The van der Waals surface area contributed by atoms with Crippen LogP contribution in [0.25, 0.3) is 0 Å². The lowest BCUT2D eigenvalue weighted by Crippen LogP contribution is -2.29. The van der Waals surface area contributed by atoms with Crippen LogP contribution >= 0.6 is 0 Å². The normalized spacial score (nSPS) is 8.69. The summed E-state index contributed by atoms with van der Waals surface area (Å²) in [4.78, 5) is 20.8. The monoisotopic (exact) mass is 191 g/mol. The number of carboxylic acid groups (broad SMARTS) is 1. The van der Waals surface area contributed by atoms with Gasteiger partial charge in [0.25, 0.3) is 0 Å². The molecule has 0 aliphatic heterocycles. The number of hydrogen-bond acceptors (Lipinski definition) is 3. The third-order valence-corrected chi connectivity index (χ3v) is 1.11. The number of carbonyl (C=O) groups is 2. The molecule has 0 aliphatic rings. The predicted molar refractivity (Wildman–Crippen MR) is 48.5 cm³/mol. The van der Waals surface area contributed by atoms with Crippen molar-refractivity contribution < 1.29 is 19.4 Å². The lowest BCUT2D eigenvalue weighted by Gasteiger charge is -2.01. The summed E-state index contributed by atoms with van der Waals surface area (Å²) in [6.45, 7) is 2.40. The van der Waals surface area contributed by atoms with Gasteiger partial charge in [-0.25, -0.2) is 0 Å².